The Kier molecular flexibility index (Phi) is 12.0. The maximum atomic E-state index is 13.8. The van der Waals surface area contributed by atoms with Crippen molar-refractivity contribution in [2.24, 2.45) is 11.7 Å². The summed E-state index contributed by atoms with van der Waals surface area (Å²) in [5.41, 5.74) is 6.33. The Labute approximate surface area is 248 Å². The molecular weight excluding hydrogens is 570 g/mol. The average molecular weight is 605 g/mol. The minimum absolute atomic E-state index is 0.0315. The molecule has 1 heterocycles. The Bertz CT molecular complexity index is 1410. The minimum Gasteiger partial charge on any atom is -0.465 e. The number of nitrogens with one attached hydrogen (secondary N) is 1. The van der Waals surface area contributed by atoms with Crippen LogP contribution in [0.15, 0.2) is 48.7 Å². The molecule has 0 aliphatic carbocycles. The summed E-state index contributed by atoms with van der Waals surface area (Å²) < 4.78 is 38.1. The maximum Gasteiger partial charge on any atom is 0.412 e. The number of carbonyl (C=O) groups is 3. The molecule has 2 atom stereocenters. The number of carbonyl (C=O) groups excluding carboxylic acids is 3. The molecule has 0 spiro atoms. The fourth-order valence-corrected chi connectivity index (χ4v) is 4.33. The number of halogens is 3. The molecule has 0 radical (unpaired) electrons. The summed E-state index contributed by atoms with van der Waals surface area (Å²) >= 11 is 6.02. The Morgan fingerprint density at radius 1 is 1.10 bits per heavy atom. The van der Waals surface area contributed by atoms with Crippen LogP contribution in [0.5, 0.6) is 0 Å². The van der Waals surface area contributed by atoms with Gasteiger partial charge in [-0.3, -0.25) is 14.9 Å². The molecule has 0 fully saturated rings. The number of rotatable bonds is 13. The molecule has 12 heteroatoms. The van der Waals surface area contributed by atoms with E-state index in [-0.39, 0.29) is 48.7 Å². The number of nitrogens with two attached hydrogens (primary N) is 1. The van der Waals surface area contributed by atoms with Crippen LogP contribution >= 0.6 is 11.6 Å². The van der Waals surface area contributed by atoms with Crippen LogP contribution in [0.4, 0.5) is 19.4 Å². The van der Waals surface area contributed by atoms with Gasteiger partial charge in [0, 0.05) is 25.1 Å². The van der Waals surface area contributed by atoms with Gasteiger partial charge in [-0.05, 0) is 66.5 Å². The molecule has 226 valence electrons. The summed E-state index contributed by atoms with van der Waals surface area (Å²) in [4.78, 5) is 43.3. The number of ether oxygens (including phenoxy) is 2. The predicted molar refractivity (Wildman–Crippen MR) is 156 cm³/mol. The molecular formula is C30H35ClF2N4O5. The quantitative estimate of drug-likeness (QED) is 0.195. The average Bonchev–Trinajstić information content (AvgIpc) is 2.96. The van der Waals surface area contributed by atoms with Crippen LogP contribution in [0.25, 0.3) is 10.8 Å². The van der Waals surface area contributed by atoms with Gasteiger partial charge >= 0.3 is 12.1 Å². The highest BCUT2D eigenvalue weighted by atomic mass is 35.5. The van der Waals surface area contributed by atoms with Crippen molar-refractivity contribution in [3.8, 4) is 0 Å². The van der Waals surface area contributed by atoms with Gasteiger partial charge in [0.05, 0.1) is 17.7 Å². The third-order valence-corrected chi connectivity index (χ3v) is 7.24. The standard InChI is InChI=1S/C30H35ClF2N4O5/c1-18(2)28(34)29(39)41-13-5-7-23(37(3)26(38)12-10-19-6-4-8-24(33)27(19)31)17-42-30(40)36-25-15-21-14-22(32)11-9-20(21)16-35-25/h4,6,8-9,11,14-16,18,23,28H,5,7,10,12-13,17,34H2,1-3H3,(H,35,36,40)/t23-,28+/m0/s1. The van der Waals surface area contributed by atoms with Gasteiger partial charge in [-0.15, -0.1) is 0 Å². The van der Waals surface area contributed by atoms with Crippen molar-refractivity contribution in [1.29, 1.82) is 0 Å². The molecule has 0 aliphatic rings. The van der Waals surface area contributed by atoms with Crippen molar-refractivity contribution in [1.82, 2.24) is 9.88 Å². The number of aromatic nitrogens is 1. The van der Waals surface area contributed by atoms with Crippen molar-refractivity contribution in [2.75, 3.05) is 25.6 Å². The van der Waals surface area contributed by atoms with Gasteiger partial charge in [-0.2, -0.15) is 0 Å². The van der Waals surface area contributed by atoms with Gasteiger partial charge in [0.1, 0.15) is 30.1 Å². The first-order chi connectivity index (χ1) is 20.0. The lowest BCUT2D eigenvalue weighted by Gasteiger charge is -2.28. The Morgan fingerprint density at radius 2 is 1.86 bits per heavy atom. The molecule has 2 amide bonds. The number of esters is 1. The molecule has 42 heavy (non-hydrogen) atoms. The van der Waals surface area contributed by atoms with E-state index in [9.17, 15) is 23.2 Å². The monoisotopic (exact) mass is 604 g/mol. The SMILES string of the molecule is CC(C)[C@@H](N)C(=O)OCCC[C@@H](COC(=O)Nc1cc2cc(F)ccc2cn1)N(C)C(=O)CCc1cccc(F)c1Cl. The normalized spacial score (nSPS) is 12.6. The Morgan fingerprint density at radius 3 is 2.60 bits per heavy atom. The van der Waals surface area contributed by atoms with Gasteiger partial charge in [0.15, 0.2) is 0 Å². The summed E-state index contributed by atoms with van der Waals surface area (Å²) in [5, 5.41) is 3.73. The third-order valence-electron chi connectivity index (χ3n) is 6.82. The van der Waals surface area contributed by atoms with Crippen LogP contribution in [0.3, 0.4) is 0 Å². The molecule has 3 aromatic rings. The van der Waals surface area contributed by atoms with Crippen molar-refractivity contribution < 1.29 is 32.6 Å². The number of benzene rings is 2. The van der Waals surface area contributed by atoms with E-state index in [1.54, 1.807) is 19.2 Å². The van der Waals surface area contributed by atoms with Gasteiger partial charge in [-0.25, -0.2) is 18.6 Å². The third kappa shape index (κ3) is 9.35. The van der Waals surface area contributed by atoms with E-state index >= 15 is 0 Å². The molecule has 9 nitrogen and oxygen atoms in total. The second kappa shape index (κ2) is 15.4. The molecule has 1 aromatic heterocycles. The number of amides is 2. The van der Waals surface area contributed by atoms with E-state index in [4.69, 9.17) is 26.8 Å². The van der Waals surface area contributed by atoms with E-state index in [0.29, 0.717) is 29.2 Å². The molecule has 3 rings (SSSR count). The van der Waals surface area contributed by atoms with E-state index in [0.717, 1.165) is 0 Å². The van der Waals surface area contributed by atoms with E-state index in [1.807, 2.05) is 13.8 Å². The number of aryl methyl sites for hydroxylation is 1. The molecule has 0 aliphatic heterocycles. The smallest absolute Gasteiger partial charge is 0.412 e. The molecule has 0 unspecified atom stereocenters. The molecule has 2 aromatic carbocycles. The van der Waals surface area contributed by atoms with Gasteiger partial charge in [0.25, 0.3) is 0 Å². The lowest BCUT2D eigenvalue weighted by molar-refractivity contribution is -0.146. The lowest BCUT2D eigenvalue weighted by Crippen LogP contribution is -2.41. The minimum atomic E-state index is -0.815. The highest BCUT2D eigenvalue weighted by Crippen LogP contribution is 2.22. The Balaban J connectivity index is 1.61. The largest absolute Gasteiger partial charge is 0.465 e. The van der Waals surface area contributed by atoms with Crippen LogP contribution in [0.2, 0.25) is 5.02 Å². The van der Waals surface area contributed by atoms with Gasteiger partial charge in [0.2, 0.25) is 5.91 Å². The number of likely N-dealkylation sites (N-methyl/N-ethyl adjacent to an activating group) is 1. The molecule has 0 saturated heterocycles. The van der Waals surface area contributed by atoms with Crippen LogP contribution in [-0.4, -0.2) is 60.2 Å². The van der Waals surface area contributed by atoms with E-state index < -0.39 is 35.8 Å². The summed E-state index contributed by atoms with van der Waals surface area (Å²) in [7, 11) is 1.57. The van der Waals surface area contributed by atoms with Crippen LogP contribution in [0.1, 0.15) is 38.7 Å². The first-order valence-corrected chi connectivity index (χ1v) is 13.9. The maximum absolute atomic E-state index is 13.8. The lowest BCUT2D eigenvalue weighted by atomic mass is 10.1. The first kappa shape index (κ1) is 32.7. The number of anilines is 1. The molecule has 0 bridgehead atoms. The van der Waals surface area contributed by atoms with Crippen LogP contribution in [-0.2, 0) is 25.5 Å². The second-order valence-corrected chi connectivity index (χ2v) is 10.6. The number of fused-ring (bicyclic) bond motifs is 1. The predicted octanol–water partition coefficient (Wildman–Crippen LogP) is 5.48. The second-order valence-electron chi connectivity index (χ2n) is 10.2. The van der Waals surface area contributed by atoms with Gasteiger partial charge < -0.3 is 20.1 Å². The van der Waals surface area contributed by atoms with Crippen molar-refractivity contribution >= 4 is 46.2 Å². The number of hydrogen-bond acceptors (Lipinski definition) is 7. The van der Waals surface area contributed by atoms with Gasteiger partial charge in [-0.1, -0.05) is 37.6 Å². The van der Waals surface area contributed by atoms with E-state index in [2.05, 4.69) is 10.3 Å². The first-order valence-electron chi connectivity index (χ1n) is 13.6. The summed E-state index contributed by atoms with van der Waals surface area (Å²) in [5.74, 6) is -1.69. The Hall–Kier alpha value is -3.83. The highest BCUT2D eigenvalue weighted by Gasteiger charge is 2.23. The molecule has 0 saturated carbocycles. The number of hydrogen-bond donors (Lipinski definition) is 2. The number of nitrogens with zero attached hydrogens (tertiary/aromatic N) is 2. The summed E-state index contributed by atoms with van der Waals surface area (Å²) in [6.45, 7) is 3.53. The summed E-state index contributed by atoms with van der Waals surface area (Å²) in [6.07, 6.45) is 1.65. The highest BCUT2D eigenvalue weighted by molar-refractivity contribution is 6.31. The zero-order chi connectivity index (χ0) is 30.8. The van der Waals surface area contributed by atoms with Crippen LogP contribution < -0.4 is 11.1 Å². The van der Waals surface area contributed by atoms with Crippen molar-refractivity contribution in [2.45, 2.75) is 51.6 Å². The zero-order valence-electron chi connectivity index (χ0n) is 23.7. The fourth-order valence-electron chi connectivity index (χ4n) is 4.10. The van der Waals surface area contributed by atoms with Crippen molar-refractivity contribution in [3.63, 3.8) is 0 Å². The molecule has 3 N–H and O–H groups in total. The zero-order valence-corrected chi connectivity index (χ0v) is 24.5. The number of pyridine rings is 1. The fraction of sp³-hybridized carbons (Fsp3) is 0.400. The van der Waals surface area contributed by atoms with Crippen LogP contribution in [0, 0.1) is 17.6 Å². The van der Waals surface area contributed by atoms with E-state index in [1.165, 1.54) is 41.4 Å². The summed E-state index contributed by atoms with van der Waals surface area (Å²) in [6, 6.07) is 8.83. The topological polar surface area (TPSA) is 124 Å². The van der Waals surface area contributed by atoms with Crippen molar-refractivity contribution in [3.05, 3.63) is 70.9 Å².